The van der Waals surface area contributed by atoms with Crippen molar-refractivity contribution >= 4 is 63.0 Å². The van der Waals surface area contributed by atoms with Gasteiger partial charge in [0.2, 0.25) is 0 Å². The third-order valence-corrected chi connectivity index (χ3v) is 9.28. The Bertz CT molecular complexity index is 2010. The maximum absolute atomic E-state index is 5.03. The average molecular weight is 522 g/mol. The Hall–Kier alpha value is -4.45. The Morgan fingerprint density at radius 1 is 0.421 bits per heavy atom. The van der Waals surface area contributed by atoms with Crippen LogP contribution in [0.3, 0.4) is 0 Å². The molecule has 0 spiro atoms. The predicted octanol–water partition coefficient (Wildman–Crippen LogP) is 9.61. The molecule has 5 heteroatoms. The van der Waals surface area contributed by atoms with Gasteiger partial charge in [-0.15, -0.1) is 22.7 Å². The van der Waals surface area contributed by atoms with Gasteiger partial charge in [-0.3, -0.25) is 4.98 Å². The second kappa shape index (κ2) is 8.55. The smallest absolute Gasteiger partial charge is 0.160 e. The Balaban J connectivity index is 1.33. The molecule has 0 radical (unpaired) electrons. The number of hydrogen-bond donors (Lipinski definition) is 0. The first kappa shape index (κ1) is 21.6. The van der Waals surface area contributed by atoms with Gasteiger partial charge >= 0.3 is 0 Å². The molecule has 0 fully saturated rings. The Kier molecular flexibility index (Phi) is 4.87. The number of pyridine rings is 1. The van der Waals surface area contributed by atoms with E-state index in [-0.39, 0.29) is 0 Å². The van der Waals surface area contributed by atoms with Gasteiger partial charge in [-0.25, -0.2) is 9.97 Å². The van der Waals surface area contributed by atoms with Crippen LogP contribution < -0.4 is 0 Å². The van der Waals surface area contributed by atoms with Gasteiger partial charge < -0.3 is 0 Å². The van der Waals surface area contributed by atoms with Crippen molar-refractivity contribution < 1.29 is 0 Å². The lowest BCUT2D eigenvalue weighted by atomic mass is 10.0. The van der Waals surface area contributed by atoms with Gasteiger partial charge in [-0.05, 0) is 42.5 Å². The van der Waals surface area contributed by atoms with Crippen LogP contribution in [0, 0.1) is 0 Å². The van der Waals surface area contributed by atoms with Crippen LogP contribution in [0.1, 0.15) is 0 Å². The molecule has 4 aromatic heterocycles. The standard InChI is InChI=1S/C33H19N3S2/c1-3-7-29-23(5-1)25-11-9-21(17-31(25)37-29)27-19-28(36-33(35-27)20-13-15-34-16-14-20)22-10-12-26-24-6-2-4-8-30(24)38-32(26)18-22/h1-19H. The molecule has 4 aromatic carbocycles. The molecular weight excluding hydrogens is 503 g/mol. The third kappa shape index (κ3) is 3.51. The Morgan fingerprint density at radius 2 is 0.921 bits per heavy atom. The van der Waals surface area contributed by atoms with Crippen molar-refractivity contribution in [2.45, 2.75) is 0 Å². The molecule has 178 valence electrons. The molecule has 0 unspecified atom stereocenters. The van der Waals surface area contributed by atoms with Gasteiger partial charge in [0, 0.05) is 69.4 Å². The minimum atomic E-state index is 0.702. The van der Waals surface area contributed by atoms with Gasteiger partial charge in [0.15, 0.2) is 5.82 Å². The zero-order chi connectivity index (χ0) is 25.1. The number of aromatic nitrogens is 3. The number of nitrogens with zero attached hydrogens (tertiary/aromatic N) is 3. The van der Waals surface area contributed by atoms with Gasteiger partial charge in [0.1, 0.15) is 0 Å². The lowest BCUT2D eigenvalue weighted by molar-refractivity contribution is 1.18. The van der Waals surface area contributed by atoms with Crippen molar-refractivity contribution in [2.75, 3.05) is 0 Å². The molecule has 38 heavy (non-hydrogen) atoms. The van der Waals surface area contributed by atoms with Crippen LogP contribution in [0.2, 0.25) is 0 Å². The van der Waals surface area contributed by atoms with Crippen molar-refractivity contribution in [3.63, 3.8) is 0 Å². The lowest BCUT2D eigenvalue weighted by Gasteiger charge is -2.10. The van der Waals surface area contributed by atoms with Crippen molar-refractivity contribution in [1.29, 1.82) is 0 Å². The highest BCUT2D eigenvalue weighted by atomic mass is 32.1. The summed E-state index contributed by atoms with van der Waals surface area (Å²) in [6.07, 6.45) is 3.58. The van der Waals surface area contributed by atoms with Crippen LogP contribution in [-0.2, 0) is 0 Å². The topological polar surface area (TPSA) is 38.7 Å². The number of benzene rings is 4. The van der Waals surface area contributed by atoms with Crippen molar-refractivity contribution in [3.8, 4) is 33.9 Å². The molecule has 0 bridgehead atoms. The van der Waals surface area contributed by atoms with Crippen LogP contribution in [0.25, 0.3) is 74.2 Å². The molecule has 0 saturated heterocycles. The second-order valence-electron chi connectivity index (χ2n) is 9.32. The molecule has 0 aliphatic heterocycles. The summed E-state index contributed by atoms with van der Waals surface area (Å²) in [5, 5.41) is 5.18. The maximum atomic E-state index is 5.03. The van der Waals surface area contributed by atoms with Crippen molar-refractivity contribution in [1.82, 2.24) is 15.0 Å². The van der Waals surface area contributed by atoms with E-state index < -0.39 is 0 Å². The summed E-state index contributed by atoms with van der Waals surface area (Å²) in [5.41, 5.74) is 4.96. The van der Waals surface area contributed by atoms with E-state index in [1.165, 1.54) is 40.3 Å². The molecule has 3 nitrogen and oxygen atoms in total. The SMILES string of the molecule is c1ccc2c(c1)sc1cc(-c3cc(-c4ccc5c(c4)sc4ccccc45)nc(-c4ccncc4)n3)ccc12. The first-order valence-electron chi connectivity index (χ1n) is 12.4. The summed E-state index contributed by atoms with van der Waals surface area (Å²) in [6, 6.07) is 36.6. The first-order chi connectivity index (χ1) is 18.8. The molecule has 8 rings (SSSR count). The van der Waals surface area contributed by atoms with E-state index >= 15 is 0 Å². The normalized spacial score (nSPS) is 11.7. The van der Waals surface area contributed by atoms with Crippen molar-refractivity contribution in [3.05, 3.63) is 116 Å². The van der Waals surface area contributed by atoms with E-state index in [0.717, 1.165) is 28.1 Å². The maximum Gasteiger partial charge on any atom is 0.160 e. The molecular formula is C33H19N3S2. The largest absolute Gasteiger partial charge is 0.265 e. The molecule has 0 aliphatic carbocycles. The zero-order valence-electron chi connectivity index (χ0n) is 20.1. The summed E-state index contributed by atoms with van der Waals surface area (Å²) in [4.78, 5) is 14.2. The van der Waals surface area contributed by atoms with Gasteiger partial charge in [-0.2, -0.15) is 0 Å². The monoisotopic (exact) mass is 521 g/mol. The fraction of sp³-hybridized carbons (Fsp3) is 0. The Morgan fingerprint density at radius 3 is 1.47 bits per heavy atom. The first-order valence-corrected chi connectivity index (χ1v) is 14.1. The van der Waals surface area contributed by atoms with E-state index in [2.05, 4.69) is 96.0 Å². The van der Waals surface area contributed by atoms with E-state index in [0.29, 0.717) is 5.82 Å². The highest BCUT2D eigenvalue weighted by molar-refractivity contribution is 7.26. The minimum absolute atomic E-state index is 0.702. The summed E-state index contributed by atoms with van der Waals surface area (Å²) in [5.74, 6) is 0.702. The summed E-state index contributed by atoms with van der Waals surface area (Å²) in [6.45, 7) is 0. The van der Waals surface area contributed by atoms with Crippen LogP contribution in [0.4, 0.5) is 0 Å². The van der Waals surface area contributed by atoms with Crippen LogP contribution in [-0.4, -0.2) is 15.0 Å². The number of rotatable bonds is 3. The fourth-order valence-corrected chi connectivity index (χ4v) is 7.43. The van der Waals surface area contributed by atoms with E-state index in [1.54, 1.807) is 12.4 Å². The van der Waals surface area contributed by atoms with Gasteiger partial charge in [0.05, 0.1) is 11.4 Å². The average Bonchev–Trinajstić information content (AvgIpc) is 3.54. The molecule has 0 aliphatic rings. The number of thiophene rings is 2. The van der Waals surface area contributed by atoms with E-state index in [9.17, 15) is 0 Å². The molecule has 8 aromatic rings. The van der Waals surface area contributed by atoms with Crippen LogP contribution in [0.5, 0.6) is 0 Å². The van der Waals surface area contributed by atoms with Crippen molar-refractivity contribution in [2.24, 2.45) is 0 Å². The predicted molar refractivity (Wildman–Crippen MR) is 162 cm³/mol. The minimum Gasteiger partial charge on any atom is -0.265 e. The summed E-state index contributed by atoms with van der Waals surface area (Å²) < 4.78 is 5.14. The quantitative estimate of drug-likeness (QED) is 0.232. The van der Waals surface area contributed by atoms with E-state index in [1.807, 2.05) is 34.8 Å². The van der Waals surface area contributed by atoms with E-state index in [4.69, 9.17) is 9.97 Å². The van der Waals surface area contributed by atoms with Crippen LogP contribution in [0.15, 0.2) is 116 Å². The lowest BCUT2D eigenvalue weighted by Crippen LogP contribution is -1.96. The highest BCUT2D eigenvalue weighted by Crippen LogP contribution is 2.38. The molecule has 0 saturated carbocycles. The second-order valence-corrected chi connectivity index (χ2v) is 11.5. The van der Waals surface area contributed by atoms with Crippen LogP contribution >= 0.6 is 22.7 Å². The molecule has 0 N–H and O–H groups in total. The summed E-state index contributed by atoms with van der Waals surface area (Å²) in [7, 11) is 0. The fourth-order valence-electron chi connectivity index (χ4n) is 5.14. The van der Waals surface area contributed by atoms with Gasteiger partial charge in [0.25, 0.3) is 0 Å². The highest BCUT2D eigenvalue weighted by Gasteiger charge is 2.14. The number of fused-ring (bicyclic) bond motifs is 6. The summed E-state index contributed by atoms with van der Waals surface area (Å²) >= 11 is 3.65. The van der Waals surface area contributed by atoms with Gasteiger partial charge in [-0.1, -0.05) is 60.7 Å². The molecule has 4 heterocycles. The molecule has 0 atom stereocenters. The molecule has 0 amide bonds. The zero-order valence-corrected chi connectivity index (χ0v) is 21.8. The number of hydrogen-bond acceptors (Lipinski definition) is 5. The third-order valence-electron chi connectivity index (χ3n) is 7.01. The Labute approximate surface area is 226 Å².